The second-order valence-electron chi connectivity index (χ2n) is 5.73. The molecule has 0 unspecified atom stereocenters. The maximum absolute atomic E-state index is 11.8. The van der Waals surface area contributed by atoms with Crippen LogP contribution < -0.4 is 10.1 Å². The number of hydrogen-bond acceptors (Lipinski definition) is 3. The highest BCUT2D eigenvalue weighted by Gasteiger charge is 2.13. The van der Waals surface area contributed by atoms with Gasteiger partial charge in [0.05, 0.1) is 0 Å². The molecule has 0 bridgehead atoms. The zero-order valence-electron chi connectivity index (χ0n) is 13.1. The summed E-state index contributed by atoms with van der Waals surface area (Å²) in [6.45, 7) is 4.75. The molecule has 21 heavy (non-hydrogen) atoms. The van der Waals surface area contributed by atoms with Gasteiger partial charge in [0.2, 0.25) is 0 Å². The van der Waals surface area contributed by atoms with Crippen molar-refractivity contribution in [1.82, 2.24) is 15.2 Å². The van der Waals surface area contributed by atoms with Gasteiger partial charge in [-0.2, -0.15) is 0 Å². The van der Waals surface area contributed by atoms with Crippen molar-refractivity contribution in [2.75, 3.05) is 20.6 Å². The van der Waals surface area contributed by atoms with Crippen LogP contribution in [0.15, 0.2) is 24.4 Å². The molecule has 0 aliphatic carbocycles. The fraction of sp³-hybridized carbons (Fsp3) is 0.438. The predicted molar refractivity (Wildman–Crippen MR) is 84.9 cm³/mol. The third kappa shape index (κ3) is 3.98. The van der Waals surface area contributed by atoms with Crippen molar-refractivity contribution >= 4 is 17.0 Å². The molecule has 0 saturated carbocycles. The van der Waals surface area contributed by atoms with E-state index in [0.29, 0.717) is 5.75 Å². The summed E-state index contributed by atoms with van der Waals surface area (Å²) in [4.78, 5) is 17.2. The van der Waals surface area contributed by atoms with Gasteiger partial charge in [-0.05, 0) is 52.1 Å². The van der Waals surface area contributed by atoms with Crippen molar-refractivity contribution in [3.05, 3.63) is 30.0 Å². The van der Waals surface area contributed by atoms with Crippen LogP contribution in [0.4, 0.5) is 4.79 Å². The summed E-state index contributed by atoms with van der Waals surface area (Å²) in [6.07, 6.45) is 2.47. The molecule has 0 saturated heterocycles. The van der Waals surface area contributed by atoms with E-state index in [1.807, 2.05) is 52.3 Å². The number of H-pyrrole nitrogens is 1. The molecule has 1 aromatic heterocycles. The van der Waals surface area contributed by atoms with E-state index in [4.69, 9.17) is 4.74 Å². The van der Waals surface area contributed by atoms with Gasteiger partial charge in [-0.1, -0.05) is 6.07 Å². The summed E-state index contributed by atoms with van der Waals surface area (Å²) >= 11 is 0. The van der Waals surface area contributed by atoms with E-state index >= 15 is 0 Å². The van der Waals surface area contributed by atoms with Gasteiger partial charge in [0, 0.05) is 29.7 Å². The lowest BCUT2D eigenvalue weighted by molar-refractivity contribution is 0.198. The quantitative estimate of drug-likeness (QED) is 0.890. The Balaban J connectivity index is 2.26. The Labute approximate surface area is 125 Å². The van der Waals surface area contributed by atoms with Crippen molar-refractivity contribution in [2.24, 2.45) is 0 Å². The van der Waals surface area contributed by atoms with E-state index in [1.165, 1.54) is 0 Å². The number of benzene rings is 1. The molecule has 0 spiro atoms. The van der Waals surface area contributed by atoms with Crippen LogP contribution in [0, 0.1) is 0 Å². The molecule has 2 N–H and O–H groups in total. The molecule has 0 aliphatic rings. The van der Waals surface area contributed by atoms with E-state index in [1.54, 1.807) is 0 Å². The van der Waals surface area contributed by atoms with Crippen molar-refractivity contribution < 1.29 is 9.53 Å². The lowest BCUT2D eigenvalue weighted by Gasteiger charge is -2.12. The predicted octanol–water partition coefficient (Wildman–Crippen LogP) is 2.77. The molecule has 0 fully saturated rings. The van der Waals surface area contributed by atoms with Gasteiger partial charge in [0.25, 0.3) is 0 Å². The number of aromatic amines is 1. The van der Waals surface area contributed by atoms with Gasteiger partial charge in [0.1, 0.15) is 5.75 Å². The molecule has 2 aromatic rings. The first-order chi connectivity index (χ1) is 9.97. The zero-order valence-corrected chi connectivity index (χ0v) is 13.1. The lowest BCUT2D eigenvalue weighted by atomic mass is 10.1. The highest BCUT2D eigenvalue weighted by atomic mass is 16.6. The fourth-order valence-electron chi connectivity index (χ4n) is 2.21. The molecule has 0 atom stereocenters. The van der Waals surface area contributed by atoms with E-state index in [2.05, 4.69) is 15.2 Å². The maximum atomic E-state index is 11.8. The Morgan fingerprint density at radius 2 is 2.14 bits per heavy atom. The van der Waals surface area contributed by atoms with E-state index in [-0.39, 0.29) is 6.04 Å². The number of nitrogens with zero attached hydrogens (tertiary/aromatic N) is 1. The topological polar surface area (TPSA) is 57.4 Å². The minimum atomic E-state index is -0.419. The fourth-order valence-corrected chi connectivity index (χ4v) is 2.21. The smallest absolute Gasteiger partial charge is 0.410 e. The van der Waals surface area contributed by atoms with E-state index in [0.717, 1.165) is 29.4 Å². The molecule has 1 aromatic carbocycles. The number of carbonyl (C=O) groups is 1. The van der Waals surface area contributed by atoms with Gasteiger partial charge in [0.15, 0.2) is 0 Å². The summed E-state index contributed by atoms with van der Waals surface area (Å²) in [7, 11) is 4.09. The van der Waals surface area contributed by atoms with Crippen molar-refractivity contribution in [1.29, 1.82) is 0 Å². The molecular formula is C16H23N3O2. The van der Waals surface area contributed by atoms with Gasteiger partial charge in [-0.15, -0.1) is 0 Å². The average Bonchev–Trinajstić information content (AvgIpc) is 2.79. The number of rotatable bonds is 5. The Morgan fingerprint density at radius 1 is 1.38 bits per heavy atom. The second kappa shape index (κ2) is 6.63. The Kier molecular flexibility index (Phi) is 4.85. The molecule has 0 radical (unpaired) electrons. The van der Waals surface area contributed by atoms with E-state index < -0.39 is 6.09 Å². The first kappa shape index (κ1) is 15.4. The Morgan fingerprint density at radius 3 is 2.81 bits per heavy atom. The van der Waals surface area contributed by atoms with Crippen LogP contribution in [-0.4, -0.2) is 42.7 Å². The zero-order chi connectivity index (χ0) is 15.4. The molecular weight excluding hydrogens is 266 g/mol. The average molecular weight is 289 g/mol. The Hall–Kier alpha value is -2.01. The maximum Gasteiger partial charge on any atom is 0.412 e. The first-order valence-corrected chi connectivity index (χ1v) is 7.19. The van der Waals surface area contributed by atoms with Crippen LogP contribution in [0.5, 0.6) is 5.75 Å². The minimum absolute atomic E-state index is 0.0520. The first-order valence-electron chi connectivity index (χ1n) is 7.19. The number of nitrogens with one attached hydrogen (secondary N) is 2. The van der Waals surface area contributed by atoms with Gasteiger partial charge in [-0.3, -0.25) is 0 Å². The number of likely N-dealkylation sites (N-methyl/N-ethyl adjacent to an activating group) is 1. The summed E-state index contributed by atoms with van der Waals surface area (Å²) in [6, 6.07) is 5.75. The van der Waals surface area contributed by atoms with Crippen LogP contribution in [0.25, 0.3) is 10.9 Å². The standard InChI is InChI=1S/C16H23N3O2/c1-11(2)18-16(20)21-14-7-5-6-13-15(14)12(10-17-13)8-9-19(3)4/h5-7,10-11,17H,8-9H2,1-4H3,(H,18,20). The summed E-state index contributed by atoms with van der Waals surface area (Å²) in [5.74, 6) is 0.598. The van der Waals surface area contributed by atoms with Crippen molar-refractivity contribution in [2.45, 2.75) is 26.3 Å². The Bertz CT molecular complexity index is 617. The third-order valence-electron chi connectivity index (χ3n) is 3.19. The van der Waals surface area contributed by atoms with Gasteiger partial charge < -0.3 is 19.9 Å². The number of ether oxygens (including phenoxy) is 1. The van der Waals surface area contributed by atoms with Crippen LogP contribution in [-0.2, 0) is 6.42 Å². The number of aromatic nitrogens is 1. The van der Waals surface area contributed by atoms with Crippen LogP contribution in [0.2, 0.25) is 0 Å². The third-order valence-corrected chi connectivity index (χ3v) is 3.19. The SMILES string of the molecule is CC(C)NC(=O)Oc1cccc2[nH]cc(CCN(C)C)c12. The van der Waals surface area contributed by atoms with Gasteiger partial charge >= 0.3 is 6.09 Å². The highest BCUT2D eigenvalue weighted by Crippen LogP contribution is 2.29. The monoisotopic (exact) mass is 289 g/mol. The van der Waals surface area contributed by atoms with Crippen molar-refractivity contribution in [3.63, 3.8) is 0 Å². The number of fused-ring (bicyclic) bond motifs is 1. The van der Waals surface area contributed by atoms with Gasteiger partial charge in [-0.25, -0.2) is 4.79 Å². The van der Waals surface area contributed by atoms with E-state index in [9.17, 15) is 4.79 Å². The molecule has 2 rings (SSSR count). The normalized spacial score (nSPS) is 11.3. The largest absolute Gasteiger partial charge is 0.412 e. The number of hydrogen-bond donors (Lipinski definition) is 2. The summed E-state index contributed by atoms with van der Waals surface area (Å²) in [5, 5.41) is 3.72. The summed E-state index contributed by atoms with van der Waals surface area (Å²) in [5.41, 5.74) is 2.14. The van der Waals surface area contributed by atoms with Crippen LogP contribution in [0.3, 0.4) is 0 Å². The highest BCUT2D eigenvalue weighted by molar-refractivity contribution is 5.91. The minimum Gasteiger partial charge on any atom is -0.410 e. The molecule has 114 valence electrons. The second-order valence-corrected chi connectivity index (χ2v) is 5.73. The summed E-state index contributed by atoms with van der Waals surface area (Å²) < 4.78 is 5.46. The van der Waals surface area contributed by atoms with Crippen LogP contribution >= 0.6 is 0 Å². The molecule has 5 nitrogen and oxygen atoms in total. The molecule has 1 amide bonds. The van der Waals surface area contributed by atoms with Crippen molar-refractivity contribution in [3.8, 4) is 5.75 Å². The molecule has 5 heteroatoms. The molecule has 0 aliphatic heterocycles. The molecule has 1 heterocycles. The van der Waals surface area contributed by atoms with Crippen LogP contribution in [0.1, 0.15) is 19.4 Å². The number of amides is 1. The lowest BCUT2D eigenvalue weighted by Crippen LogP contribution is -2.32. The number of carbonyl (C=O) groups excluding carboxylic acids is 1.